The van der Waals surface area contributed by atoms with Crippen LogP contribution in [0.15, 0.2) is 29.4 Å². The molecular formula is C18H29IN6O. The lowest BCUT2D eigenvalue weighted by atomic mass is 10.1. The first kappa shape index (κ1) is 19.6. The fourth-order valence-corrected chi connectivity index (χ4v) is 4.06. The van der Waals surface area contributed by atoms with Crippen LogP contribution in [0.25, 0.3) is 0 Å². The van der Waals surface area contributed by atoms with Crippen molar-refractivity contribution in [2.45, 2.75) is 18.6 Å². The molecule has 4 aliphatic rings. The van der Waals surface area contributed by atoms with Crippen LogP contribution in [0.3, 0.4) is 0 Å². The first-order chi connectivity index (χ1) is 12.3. The van der Waals surface area contributed by atoms with Crippen LogP contribution in [0.4, 0.5) is 0 Å². The van der Waals surface area contributed by atoms with Crippen LogP contribution in [0.1, 0.15) is 6.42 Å². The van der Waals surface area contributed by atoms with Gasteiger partial charge in [-0.1, -0.05) is 6.07 Å². The Kier molecular flexibility index (Phi) is 6.93. The zero-order chi connectivity index (χ0) is 17.1. The van der Waals surface area contributed by atoms with Crippen LogP contribution in [-0.4, -0.2) is 97.2 Å². The van der Waals surface area contributed by atoms with Crippen molar-refractivity contribution < 1.29 is 4.74 Å². The first-order valence-corrected chi connectivity index (χ1v) is 9.31. The number of pyridine rings is 1. The summed E-state index contributed by atoms with van der Waals surface area (Å²) in [5.41, 5.74) is 0. The highest BCUT2D eigenvalue weighted by molar-refractivity contribution is 14.0. The molecule has 5 heterocycles. The summed E-state index contributed by atoms with van der Waals surface area (Å²) >= 11 is 0. The molecule has 2 unspecified atom stereocenters. The summed E-state index contributed by atoms with van der Waals surface area (Å²) < 4.78 is 5.98. The van der Waals surface area contributed by atoms with Gasteiger partial charge in [-0.05, 0) is 6.07 Å². The lowest BCUT2D eigenvalue weighted by Gasteiger charge is -2.47. The fraction of sp³-hybridized carbons (Fsp3) is 0.667. The number of rotatable bonds is 4. The summed E-state index contributed by atoms with van der Waals surface area (Å²) in [5.74, 6) is 1.70. The predicted molar refractivity (Wildman–Crippen MR) is 113 cm³/mol. The summed E-state index contributed by atoms with van der Waals surface area (Å²) in [6, 6.07) is 6.38. The van der Waals surface area contributed by atoms with E-state index in [1.54, 1.807) is 6.20 Å². The molecule has 8 heteroatoms. The molecule has 0 aliphatic carbocycles. The molecule has 7 nitrogen and oxygen atoms in total. The van der Waals surface area contributed by atoms with Gasteiger partial charge in [0.1, 0.15) is 6.10 Å². The molecule has 0 aromatic carbocycles. The molecule has 4 saturated heterocycles. The number of nitrogens with zero attached hydrogens (tertiary/aromatic N) is 5. The predicted octanol–water partition coefficient (Wildman–Crippen LogP) is 0.728. The second kappa shape index (κ2) is 9.18. The minimum Gasteiger partial charge on any atom is -0.472 e. The second-order valence-electron chi connectivity index (χ2n) is 7.06. The highest BCUT2D eigenvalue weighted by Gasteiger charge is 2.32. The average molecular weight is 472 g/mol. The van der Waals surface area contributed by atoms with E-state index in [1.807, 2.05) is 25.2 Å². The SMILES string of the molecule is CN=C(NCC1CN2CCN1CC2)N1CCC(Oc2ccccn2)C1.I. The van der Waals surface area contributed by atoms with E-state index in [1.165, 1.54) is 32.7 Å². The Balaban J connectivity index is 0.00000196. The molecule has 26 heavy (non-hydrogen) atoms. The van der Waals surface area contributed by atoms with Crippen LogP contribution in [0.2, 0.25) is 0 Å². The largest absolute Gasteiger partial charge is 0.472 e. The van der Waals surface area contributed by atoms with Gasteiger partial charge in [0.25, 0.3) is 0 Å². The number of halogens is 1. The number of ether oxygens (including phenoxy) is 1. The molecule has 0 spiro atoms. The minimum atomic E-state index is 0. The van der Waals surface area contributed by atoms with E-state index in [4.69, 9.17) is 4.74 Å². The summed E-state index contributed by atoms with van der Waals surface area (Å²) in [7, 11) is 1.87. The molecule has 2 bridgehead atoms. The highest BCUT2D eigenvalue weighted by atomic mass is 127. The quantitative estimate of drug-likeness (QED) is 0.396. The number of nitrogens with one attached hydrogen (secondary N) is 1. The van der Waals surface area contributed by atoms with Crippen LogP contribution >= 0.6 is 24.0 Å². The second-order valence-corrected chi connectivity index (χ2v) is 7.06. The van der Waals surface area contributed by atoms with Gasteiger partial charge in [0, 0.05) is 77.6 Å². The molecule has 5 rings (SSSR count). The first-order valence-electron chi connectivity index (χ1n) is 9.31. The number of hydrogen-bond acceptors (Lipinski definition) is 5. The van der Waals surface area contributed by atoms with Crippen molar-refractivity contribution in [1.29, 1.82) is 0 Å². The summed E-state index contributed by atoms with van der Waals surface area (Å²) in [6.45, 7) is 8.83. The molecule has 1 N–H and O–H groups in total. The van der Waals surface area contributed by atoms with Gasteiger partial charge in [0.15, 0.2) is 5.96 Å². The maximum Gasteiger partial charge on any atom is 0.213 e. The van der Waals surface area contributed by atoms with Gasteiger partial charge < -0.3 is 15.0 Å². The van der Waals surface area contributed by atoms with Crippen molar-refractivity contribution in [1.82, 2.24) is 25.0 Å². The van der Waals surface area contributed by atoms with Crippen LogP contribution in [0.5, 0.6) is 5.88 Å². The number of likely N-dealkylation sites (tertiary alicyclic amines) is 1. The molecule has 1 aromatic heterocycles. The maximum absolute atomic E-state index is 5.98. The Morgan fingerprint density at radius 3 is 2.73 bits per heavy atom. The molecule has 1 aromatic rings. The normalized spacial score (nSPS) is 30.8. The lowest BCUT2D eigenvalue weighted by Crippen LogP contribution is -2.64. The zero-order valence-corrected chi connectivity index (χ0v) is 17.7. The van der Waals surface area contributed by atoms with Gasteiger partial charge in [-0.15, -0.1) is 24.0 Å². The zero-order valence-electron chi connectivity index (χ0n) is 15.4. The number of hydrogen-bond donors (Lipinski definition) is 1. The maximum atomic E-state index is 5.98. The van der Waals surface area contributed by atoms with E-state index in [9.17, 15) is 0 Å². The standard InChI is InChI=1S/C18H28N6O.HI/c1-19-18(21-12-15-13-22-8-10-23(15)11-9-22)24-7-5-16(14-24)25-17-4-2-3-6-20-17;/h2-4,6,15-16H,5,7-14H2,1H3,(H,19,21);1H. The third-order valence-electron chi connectivity index (χ3n) is 5.47. The van der Waals surface area contributed by atoms with E-state index in [0.717, 1.165) is 32.0 Å². The highest BCUT2D eigenvalue weighted by Crippen LogP contribution is 2.17. The van der Waals surface area contributed by atoms with Crippen molar-refractivity contribution in [2.75, 3.05) is 59.4 Å². The Hall–Kier alpha value is -1.13. The lowest BCUT2D eigenvalue weighted by molar-refractivity contribution is 0.0152. The molecule has 0 amide bonds. The van der Waals surface area contributed by atoms with Gasteiger partial charge in [0.2, 0.25) is 5.88 Å². The van der Waals surface area contributed by atoms with Crippen LogP contribution < -0.4 is 10.1 Å². The molecule has 4 aliphatic heterocycles. The topological polar surface area (TPSA) is 56.2 Å². The fourth-order valence-electron chi connectivity index (χ4n) is 4.06. The number of aromatic nitrogens is 1. The van der Waals surface area contributed by atoms with Crippen molar-refractivity contribution >= 4 is 29.9 Å². The number of piperazine rings is 3. The van der Waals surface area contributed by atoms with Gasteiger partial charge >= 0.3 is 0 Å². The third kappa shape index (κ3) is 4.58. The van der Waals surface area contributed by atoms with Gasteiger partial charge in [0.05, 0.1) is 6.54 Å². The molecule has 144 valence electrons. The van der Waals surface area contributed by atoms with Gasteiger partial charge in [-0.3, -0.25) is 14.8 Å². The summed E-state index contributed by atoms with van der Waals surface area (Å²) in [4.78, 5) is 16.2. The van der Waals surface area contributed by atoms with Crippen LogP contribution in [-0.2, 0) is 0 Å². The van der Waals surface area contributed by atoms with Crippen molar-refractivity contribution in [3.8, 4) is 5.88 Å². The van der Waals surface area contributed by atoms with E-state index in [0.29, 0.717) is 11.9 Å². The molecule has 4 fully saturated rings. The number of fused-ring (bicyclic) bond motifs is 3. The van der Waals surface area contributed by atoms with Crippen LogP contribution in [0, 0.1) is 0 Å². The minimum absolute atomic E-state index is 0. The third-order valence-corrected chi connectivity index (χ3v) is 5.47. The van der Waals surface area contributed by atoms with E-state index >= 15 is 0 Å². The van der Waals surface area contributed by atoms with E-state index < -0.39 is 0 Å². The monoisotopic (exact) mass is 472 g/mol. The smallest absolute Gasteiger partial charge is 0.213 e. The number of guanidine groups is 1. The molecule has 2 atom stereocenters. The Morgan fingerprint density at radius 2 is 2.08 bits per heavy atom. The molecule has 0 radical (unpaired) electrons. The van der Waals surface area contributed by atoms with Gasteiger partial charge in [-0.25, -0.2) is 4.98 Å². The molecular weight excluding hydrogens is 443 g/mol. The van der Waals surface area contributed by atoms with E-state index in [2.05, 4.69) is 30.0 Å². The van der Waals surface area contributed by atoms with Gasteiger partial charge in [-0.2, -0.15) is 0 Å². The number of aliphatic imine (C=N–C) groups is 1. The van der Waals surface area contributed by atoms with Crippen molar-refractivity contribution in [3.05, 3.63) is 24.4 Å². The Morgan fingerprint density at radius 1 is 1.23 bits per heavy atom. The van der Waals surface area contributed by atoms with Crippen molar-refractivity contribution in [2.24, 2.45) is 4.99 Å². The van der Waals surface area contributed by atoms with Crippen molar-refractivity contribution in [3.63, 3.8) is 0 Å². The molecule has 0 saturated carbocycles. The Labute approximate surface area is 172 Å². The van der Waals surface area contributed by atoms with E-state index in [-0.39, 0.29) is 30.1 Å². The average Bonchev–Trinajstić information content (AvgIpc) is 3.12. The summed E-state index contributed by atoms with van der Waals surface area (Å²) in [6.07, 6.45) is 2.95. The summed E-state index contributed by atoms with van der Waals surface area (Å²) in [5, 5.41) is 3.59. The Bertz CT molecular complexity index is 593.